The van der Waals surface area contributed by atoms with Crippen LogP contribution in [0.2, 0.25) is 0 Å². The number of aromatic amines is 2. The molecule has 0 aliphatic rings. The standard InChI is InChI=1S/C12H13N3O5/c1-6(16)13-4-2-3-7-5-8(17)20-11-9(7)10(18)14-12(19)15-11/h5H,2-4H2,1H3,(H,13,16)(H2,14,15,18,19). The van der Waals surface area contributed by atoms with Crippen LogP contribution in [0.15, 0.2) is 24.9 Å². The van der Waals surface area contributed by atoms with Gasteiger partial charge in [0.15, 0.2) is 0 Å². The second-order valence-electron chi connectivity index (χ2n) is 4.29. The van der Waals surface area contributed by atoms with Gasteiger partial charge < -0.3 is 9.73 Å². The maximum absolute atomic E-state index is 11.8. The molecule has 0 aliphatic heterocycles. The fraction of sp³-hybridized carbons (Fsp3) is 0.333. The summed E-state index contributed by atoms with van der Waals surface area (Å²) in [5, 5.41) is 2.76. The van der Waals surface area contributed by atoms with Gasteiger partial charge in [-0.3, -0.25) is 19.6 Å². The number of nitrogens with one attached hydrogen (secondary N) is 3. The van der Waals surface area contributed by atoms with Gasteiger partial charge in [-0.2, -0.15) is 0 Å². The van der Waals surface area contributed by atoms with E-state index in [0.29, 0.717) is 24.9 Å². The van der Waals surface area contributed by atoms with E-state index in [4.69, 9.17) is 4.42 Å². The Hall–Kier alpha value is -2.64. The van der Waals surface area contributed by atoms with Gasteiger partial charge in [-0.25, -0.2) is 9.59 Å². The van der Waals surface area contributed by atoms with Crippen LogP contribution in [-0.4, -0.2) is 22.4 Å². The molecule has 0 saturated heterocycles. The zero-order chi connectivity index (χ0) is 14.7. The largest absolute Gasteiger partial charge is 0.405 e. The third kappa shape index (κ3) is 3.02. The van der Waals surface area contributed by atoms with Crippen molar-refractivity contribution in [2.45, 2.75) is 19.8 Å². The van der Waals surface area contributed by atoms with Crippen molar-refractivity contribution >= 4 is 17.0 Å². The summed E-state index contributed by atoms with van der Waals surface area (Å²) in [7, 11) is 0. The first-order valence-electron chi connectivity index (χ1n) is 6.01. The highest BCUT2D eigenvalue weighted by atomic mass is 16.4. The third-order valence-electron chi connectivity index (χ3n) is 2.72. The fourth-order valence-corrected chi connectivity index (χ4v) is 1.92. The molecule has 1 amide bonds. The molecule has 8 nitrogen and oxygen atoms in total. The van der Waals surface area contributed by atoms with Crippen molar-refractivity contribution in [2.75, 3.05) is 6.54 Å². The molecule has 20 heavy (non-hydrogen) atoms. The molecule has 0 aromatic carbocycles. The number of amides is 1. The lowest BCUT2D eigenvalue weighted by atomic mass is 10.1. The molecule has 106 valence electrons. The lowest BCUT2D eigenvalue weighted by Crippen LogP contribution is -2.24. The molecule has 3 N–H and O–H groups in total. The summed E-state index contributed by atoms with van der Waals surface area (Å²) in [5.74, 6) is -0.149. The molecule has 0 unspecified atom stereocenters. The van der Waals surface area contributed by atoms with E-state index in [9.17, 15) is 19.2 Å². The molecule has 2 rings (SSSR count). The molecular formula is C12H13N3O5. The van der Waals surface area contributed by atoms with Gasteiger partial charge in [-0.1, -0.05) is 0 Å². The Bertz CT molecular complexity index is 809. The monoisotopic (exact) mass is 279 g/mol. The van der Waals surface area contributed by atoms with Gasteiger partial charge in [-0.15, -0.1) is 0 Å². The van der Waals surface area contributed by atoms with Crippen molar-refractivity contribution < 1.29 is 9.21 Å². The second kappa shape index (κ2) is 5.55. The van der Waals surface area contributed by atoms with Crippen molar-refractivity contribution in [3.05, 3.63) is 42.9 Å². The quantitative estimate of drug-likeness (QED) is 0.634. The minimum atomic E-state index is -0.735. The van der Waals surface area contributed by atoms with Crippen LogP contribution in [0.3, 0.4) is 0 Å². The van der Waals surface area contributed by atoms with E-state index in [1.807, 2.05) is 0 Å². The summed E-state index contributed by atoms with van der Waals surface area (Å²) in [4.78, 5) is 49.4. The number of fused-ring (bicyclic) bond motifs is 1. The van der Waals surface area contributed by atoms with E-state index < -0.39 is 16.9 Å². The first kappa shape index (κ1) is 13.8. The fourth-order valence-electron chi connectivity index (χ4n) is 1.92. The Kier molecular flexibility index (Phi) is 3.83. The van der Waals surface area contributed by atoms with Gasteiger partial charge in [0.2, 0.25) is 11.6 Å². The van der Waals surface area contributed by atoms with E-state index in [1.54, 1.807) is 0 Å². The van der Waals surface area contributed by atoms with Crippen molar-refractivity contribution in [2.24, 2.45) is 0 Å². The lowest BCUT2D eigenvalue weighted by Gasteiger charge is -2.04. The van der Waals surface area contributed by atoms with Crippen LogP contribution in [0.5, 0.6) is 0 Å². The Labute approximate surface area is 111 Å². The third-order valence-corrected chi connectivity index (χ3v) is 2.72. The molecule has 0 aliphatic carbocycles. The van der Waals surface area contributed by atoms with Crippen LogP contribution in [0.1, 0.15) is 18.9 Å². The summed E-state index contributed by atoms with van der Waals surface area (Å²) < 4.78 is 4.81. The number of rotatable bonds is 4. The molecule has 0 bridgehead atoms. The minimum Gasteiger partial charge on any atom is -0.405 e. The highest BCUT2D eigenvalue weighted by Gasteiger charge is 2.10. The Morgan fingerprint density at radius 1 is 1.30 bits per heavy atom. The predicted molar refractivity (Wildman–Crippen MR) is 70.7 cm³/mol. The molecule has 2 heterocycles. The normalized spacial score (nSPS) is 10.7. The Balaban J connectivity index is 2.37. The van der Waals surface area contributed by atoms with Crippen LogP contribution in [0.4, 0.5) is 0 Å². The molecule has 0 fully saturated rings. The van der Waals surface area contributed by atoms with Crippen molar-refractivity contribution in [3.63, 3.8) is 0 Å². The van der Waals surface area contributed by atoms with Crippen molar-refractivity contribution in [1.29, 1.82) is 0 Å². The number of carbonyl (C=O) groups excluding carboxylic acids is 1. The number of aryl methyl sites for hydroxylation is 1. The van der Waals surface area contributed by atoms with Crippen molar-refractivity contribution in [3.8, 4) is 0 Å². The van der Waals surface area contributed by atoms with Crippen LogP contribution in [-0.2, 0) is 11.2 Å². The molecule has 0 saturated carbocycles. The van der Waals surface area contributed by atoms with E-state index >= 15 is 0 Å². The summed E-state index contributed by atoms with van der Waals surface area (Å²) in [6.45, 7) is 1.83. The zero-order valence-corrected chi connectivity index (χ0v) is 10.7. The van der Waals surface area contributed by atoms with Crippen LogP contribution in [0, 0.1) is 0 Å². The first-order chi connectivity index (χ1) is 9.47. The molecule has 0 atom stereocenters. The van der Waals surface area contributed by atoms with Gasteiger partial charge in [-0.05, 0) is 18.4 Å². The molecule has 0 radical (unpaired) electrons. The first-order valence-corrected chi connectivity index (χ1v) is 6.01. The number of aromatic nitrogens is 2. The van der Waals surface area contributed by atoms with Gasteiger partial charge >= 0.3 is 11.3 Å². The average molecular weight is 279 g/mol. The van der Waals surface area contributed by atoms with Crippen LogP contribution >= 0.6 is 0 Å². The molecule has 2 aromatic heterocycles. The summed E-state index contributed by atoms with van der Waals surface area (Å²) in [5.41, 5.74) is -1.66. The Morgan fingerprint density at radius 3 is 2.75 bits per heavy atom. The zero-order valence-electron chi connectivity index (χ0n) is 10.7. The number of hydrogen-bond acceptors (Lipinski definition) is 5. The summed E-state index contributed by atoms with van der Waals surface area (Å²) in [6.07, 6.45) is 0.953. The second-order valence-corrected chi connectivity index (χ2v) is 4.29. The SMILES string of the molecule is CC(=O)NCCCc1cc(=O)oc2[nH]c(=O)[nH]c(=O)c12. The van der Waals surface area contributed by atoms with Gasteiger partial charge in [0.1, 0.15) is 5.39 Å². The van der Waals surface area contributed by atoms with E-state index in [-0.39, 0.29) is 17.0 Å². The summed E-state index contributed by atoms with van der Waals surface area (Å²) >= 11 is 0. The van der Waals surface area contributed by atoms with Gasteiger partial charge in [0.25, 0.3) is 5.56 Å². The van der Waals surface area contributed by atoms with Gasteiger partial charge in [0.05, 0.1) is 0 Å². The highest BCUT2D eigenvalue weighted by molar-refractivity contribution is 5.75. The predicted octanol–water partition coefficient (Wildman–Crippen LogP) is -0.762. The molecule has 2 aromatic rings. The Morgan fingerprint density at radius 2 is 2.05 bits per heavy atom. The number of H-pyrrole nitrogens is 2. The smallest absolute Gasteiger partial charge is 0.337 e. The van der Waals surface area contributed by atoms with Crippen LogP contribution < -0.4 is 22.2 Å². The topological polar surface area (TPSA) is 125 Å². The van der Waals surface area contributed by atoms with Crippen molar-refractivity contribution in [1.82, 2.24) is 15.3 Å². The minimum absolute atomic E-state index is 0.138. The summed E-state index contributed by atoms with van der Waals surface area (Å²) in [6, 6.07) is 1.21. The van der Waals surface area contributed by atoms with E-state index in [0.717, 1.165) is 0 Å². The van der Waals surface area contributed by atoms with E-state index in [1.165, 1.54) is 13.0 Å². The maximum atomic E-state index is 11.8. The number of carbonyl (C=O) groups is 1. The average Bonchev–Trinajstić information content (AvgIpc) is 2.32. The lowest BCUT2D eigenvalue weighted by molar-refractivity contribution is -0.118. The maximum Gasteiger partial charge on any atom is 0.337 e. The van der Waals surface area contributed by atoms with Crippen LogP contribution in [0.25, 0.3) is 11.1 Å². The molecular weight excluding hydrogens is 266 g/mol. The number of hydrogen-bond donors (Lipinski definition) is 3. The van der Waals surface area contributed by atoms with E-state index in [2.05, 4.69) is 15.3 Å². The highest BCUT2D eigenvalue weighted by Crippen LogP contribution is 2.10. The molecule has 0 spiro atoms. The van der Waals surface area contributed by atoms with Gasteiger partial charge in [0, 0.05) is 19.5 Å². The molecule has 8 heteroatoms.